The van der Waals surface area contributed by atoms with E-state index in [1.165, 1.54) is 11.1 Å². The van der Waals surface area contributed by atoms with Crippen molar-refractivity contribution < 1.29 is 5.11 Å². The summed E-state index contributed by atoms with van der Waals surface area (Å²) in [5.41, 5.74) is 3.65. The lowest BCUT2D eigenvalue weighted by Crippen LogP contribution is -1.88. The molecule has 2 aromatic rings. The second-order valence-corrected chi connectivity index (χ2v) is 3.86. The van der Waals surface area contributed by atoms with Crippen LogP contribution in [-0.4, -0.2) is 16.7 Å². The second kappa shape index (κ2) is 5.97. The van der Waals surface area contributed by atoms with Crippen molar-refractivity contribution in [3.05, 3.63) is 71.6 Å². The highest BCUT2D eigenvalue weighted by Gasteiger charge is 1.95. The van der Waals surface area contributed by atoms with Crippen molar-refractivity contribution in [1.29, 1.82) is 0 Å². The first-order chi connectivity index (χ1) is 8.38. The van der Waals surface area contributed by atoms with Crippen LogP contribution in [0.1, 0.15) is 16.7 Å². The van der Waals surface area contributed by atoms with Crippen molar-refractivity contribution >= 4 is 6.08 Å². The van der Waals surface area contributed by atoms with Gasteiger partial charge in [-0.3, -0.25) is 4.98 Å². The monoisotopic (exact) mass is 225 g/mol. The SMILES string of the molecule is OC/C=C/c1ccc(Cc2ccncc2)cc1. The minimum atomic E-state index is 0.0821. The van der Waals surface area contributed by atoms with Crippen molar-refractivity contribution in [2.24, 2.45) is 0 Å². The number of nitrogens with zero attached hydrogens (tertiary/aromatic N) is 1. The summed E-state index contributed by atoms with van der Waals surface area (Å²) in [6, 6.07) is 12.4. The molecule has 0 atom stereocenters. The van der Waals surface area contributed by atoms with E-state index in [0.29, 0.717) is 0 Å². The highest BCUT2D eigenvalue weighted by Crippen LogP contribution is 2.11. The van der Waals surface area contributed by atoms with Crippen LogP contribution in [-0.2, 0) is 6.42 Å². The Morgan fingerprint density at radius 3 is 2.24 bits per heavy atom. The Morgan fingerprint density at radius 1 is 0.941 bits per heavy atom. The van der Waals surface area contributed by atoms with Gasteiger partial charge in [-0.15, -0.1) is 0 Å². The number of hydrogen-bond donors (Lipinski definition) is 1. The fourth-order valence-electron chi connectivity index (χ4n) is 1.67. The molecule has 0 unspecified atom stereocenters. The Hall–Kier alpha value is -1.93. The smallest absolute Gasteiger partial charge is 0.0615 e. The van der Waals surface area contributed by atoms with Gasteiger partial charge in [0.1, 0.15) is 0 Å². The van der Waals surface area contributed by atoms with Crippen molar-refractivity contribution in [3.63, 3.8) is 0 Å². The van der Waals surface area contributed by atoms with Gasteiger partial charge in [0.05, 0.1) is 6.61 Å². The lowest BCUT2D eigenvalue weighted by atomic mass is 10.0. The molecule has 0 aliphatic rings. The minimum absolute atomic E-state index is 0.0821. The van der Waals surface area contributed by atoms with Crippen LogP contribution in [0, 0.1) is 0 Å². The molecular weight excluding hydrogens is 210 g/mol. The van der Waals surface area contributed by atoms with Gasteiger partial charge in [-0.1, -0.05) is 36.4 Å². The van der Waals surface area contributed by atoms with Crippen LogP contribution in [0.2, 0.25) is 0 Å². The first-order valence-electron chi connectivity index (χ1n) is 5.64. The van der Waals surface area contributed by atoms with E-state index in [9.17, 15) is 0 Å². The maximum absolute atomic E-state index is 8.68. The number of aromatic nitrogens is 1. The van der Waals surface area contributed by atoms with E-state index >= 15 is 0 Å². The maximum atomic E-state index is 8.68. The van der Waals surface area contributed by atoms with Gasteiger partial charge in [0.2, 0.25) is 0 Å². The van der Waals surface area contributed by atoms with Crippen LogP contribution >= 0.6 is 0 Å². The Kier molecular flexibility index (Phi) is 4.05. The zero-order valence-corrected chi connectivity index (χ0v) is 9.58. The highest BCUT2D eigenvalue weighted by atomic mass is 16.2. The second-order valence-electron chi connectivity index (χ2n) is 3.86. The van der Waals surface area contributed by atoms with E-state index in [0.717, 1.165) is 12.0 Å². The minimum Gasteiger partial charge on any atom is -0.392 e. The average molecular weight is 225 g/mol. The van der Waals surface area contributed by atoms with Gasteiger partial charge in [-0.2, -0.15) is 0 Å². The Bertz CT molecular complexity index is 474. The fourth-order valence-corrected chi connectivity index (χ4v) is 1.67. The molecule has 0 saturated heterocycles. The number of aliphatic hydroxyl groups excluding tert-OH is 1. The summed E-state index contributed by atoms with van der Waals surface area (Å²) in [6.45, 7) is 0.0821. The highest BCUT2D eigenvalue weighted by molar-refractivity contribution is 5.49. The molecule has 0 aliphatic carbocycles. The van der Waals surface area contributed by atoms with Crippen LogP contribution in [0.15, 0.2) is 54.9 Å². The number of rotatable bonds is 4. The molecule has 0 bridgehead atoms. The fraction of sp³-hybridized carbons (Fsp3) is 0.133. The van der Waals surface area contributed by atoms with Crippen molar-refractivity contribution in [3.8, 4) is 0 Å². The molecule has 0 aliphatic heterocycles. The third-order valence-corrected chi connectivity index (χ3v) is 2.55. The molecule has 2 nitrogen and oxygen atoms in total. The van der Waals surface area contributed by atoms with Crippen LogP contribution in [0.5, 0.6) is 0 Å². The molecule has 17 heavy (non-hydrogen) atoms. The molecule has 0 saturated carbocycles. The summed E-state index contributed by atoms with van der Waals surface area (Å²) < 4.78 is 0. The number of aliphatic hydroxyl groups is 1. The van der Waals surface area contributed by atoms with E-state index in [-0.39, 0.29) is 6.61 Å². The summed E-state index contributed by atoms with van der Waals surface area (Å²) in [6.07, 6.45) is 8.20. The predicted molar refractivity (Wildman–Crippen MR) is 69.6 cm³/mol. The molecule has 0 amide bonds. The molecule has 1 aromatic heterocycles. The van der Waals surface area contributed by atoms with E-state index in [2.05, 4.69) is 29.2 Å². The van der Waals surface area contributed by atoms with E-state index in [1.54, 1.807) is 6.08 Å². The van der Waals surface area contributed by atoms with Gasteiger partial charge in [0.15, 0.2) is 0 Å². The molecule has 1 heterocycles. The van der Waals surface area contributed by atoms with Crippen LogP contribution < -0.4 is 0 Å². The maximum Gasteiger partial charge on any atom is 0.0615 e. The number of hydrogen-bond acceptors (Lipinski definition) is 2. The van der Waals surface area contributed by atoms with Crippen molar-refractivity contribution in [2.75, 3.05) is 6.61 Å². The average Bonchev–Trinajstić information content (AvgIpc) is 2.39. The Morgan fingerprint density at radius 2 is 1.59 bits per heavy atom. The molecule has 0 radical (unpaired) electrons. The lowest BCUT2D eigenvalue weighted by Gasteiger charge is -2.02. The molecule has 86 valence electrons. The number of pyridine rings is 1. The zero-order chi connectivity index (χ0) is 11.9. The summed E-state index contributed by atoms with van der Waals surface area (Å²) in [5.74, 6) is 0. The summed E-state index contributed by atoms with van der Waals surface area (Å²) in [5, 5.41) is 8.68. The van der Waals surface area contributed by atoms with Crippen LogP contribution in [0.25, 0.3) is 6.08 Å². The Balaban J connectivity index is 2.06. The van der Waals surface area contributed by atoms with Gasteiger partial charge in [0.25, 0.3) is 0 Å². The molecule has 1 aromatic carbocycles. The Labute approximate surface area is 101 Å². The van der Waals surface area contributed by atoms with E-state index < -0.39 is 0 Å². The van der Waals surface area contributed by atoms with Gasteiger partial charge < -0.3 is 5.11 Å². The van der Waals surface area contributed by atoms with Crippen molar-refractivity contribution in [2.45, 2.75) is 6.42 Å². The number of benzene rings is 1. The normalized spacial score (nSPS) is 10.9. The van der Waals surface area contributed by atoms with Gasteiger partial charge >= 0.3 is 0 Å². The third-order valence-electron chi connectivity index (χ3n) is 2.55. The van der Waals surface area contributed by atoms with E-state index in [4.69, 9.17) is 5.11 Å². The molecule has 2 rings (SSSR count). The molecular formula is C15H15NO. The largest absolute Gasteiger partial charge is 0.392 e. The quantitative estimate of drug-likeness (QED) is 0.867. The summed E-state index contributed by atoms with van der Waals surface area (Å²) >= 11 is 0. The summed E-state index contributed by atoms with van der Waals surface area (Å²) in [4.78, 5) is 4.00. The topological polar surface area (TPSA) is 33.1 Å². The van der Waals surface area contributed by atoms with Crippen molar-refractivity contribution in [1.82, 2.24) is 4.98 Å². The molecule has 2 heteroatoms. The third kappa shape index (κ3) is 3.54. The lowest BCUT2D eigenvalue weighted by molar-refractivity contribution is 0.343. The predicted octanol–water partition coefficient (Wildman–Crippen LogP) is 2.68. The van der Waals surface area contributed by atoms with Gasteiger partial charge in [-0.05, 0) is 35.2 Å². The van der Waals surface area contributed by atoms with Gasteiger partial charge in [0, 0.05) is 12.4 Å². The molecule has 0 fully saturated rings. The molecule has 0 spiro atoms. The van der Waals surface area contributed by atoms with Gasteiger partial charge in [-0.25, -0.2) is 0 Å². The molecule has 1 N–H and O–H groups in total. The zero-order valence-electron chi connectivity index (χ0n) is 9.58. The first-order valence-corrected chi connectivity index (χ1v) is 5.64. The standard InChI is InChI=1S/C15H15NO/c17-11-1-2-13-3-5-14(6-4-13)12-15-7-9-16-10-8-15/h1-10,17H,11-12H2/b2-1+. The van der Waals surface area contributed by atoms with E-state index in [1.807, 2.05) is 30.6 Å². The first kappa shape index (κ1) is 11.6. The van der Waals surface area contributed by atoms with Crippen LogP contribution in [0.4, 0.5) is 0 Å². The van der Waals surface area contributed by atoms with Crippen LogP contribution in [0.3, 0.4) is 0 Å². The summed E-state index contributed by atoms with van der Waals surface area (Å²) in [7, 11) is 0.